The van der Waals surface area contributed by atoms with Gasteiger partial charge in [-0.2, -0.15) is 0 Å². The SMILES string of the molecule is COc1ccc([C@@H]2C3=C(C[C@H](c4ccccc4)CC3=O)Nc3ccc(C)cc3N2C(=O)C2CC2)cc1. The van der Waals surface area contributed by atoms with Crippen LogP contribution in [-0.4, -0.2) is 18.8 Å². The van der Waals surface area contributed by atoms with Crippen molar-refractivity contribution in [3.05, 3.63) is 101 Å². The quantitative estimate of drug-likeness (QED) is 0.477. The molecule has 1 N–H and O–H groups in total. The van der Waals surface area contributed by atoms with E-state index in [-0.39, 0.29) is 23.5 Å². The van der Waals surface area contributed by atoms with Crippen LogP contribution in [0.5, 0.6) is 5.75 Å². The van der Waals surface area contributed by atoms with Crippen molar-refractivity contribution in [1.82, 2.24) is 0 Å². The molecule has 1 amide bonds. The number of amides is 1. The van der Waals surface area contributed by atoms with Gasteiger partial charge in [0, 0.05) is 23.6 Å². The summed E-state index contributed by atoms with van der Waals surface area (Å²) in [6.07, 6.45) is 2.94. The summed E-state index contributed by atoms with van der Waals surface area (Å²) in [4.78, 5) is 29.8. The van der Waals surface area contributed by atoms with E-state index in [2.05, 4.69) is 29.6 Å². The number of rotatable bonds is 4. The zero-order valence-electron chi connectivity index (χ0n) is 20.7. The van der Waals surface area contributed by atoms with Gasteiger partial charge in [0.2, 0.25) is 5.91 Å². The van der Waals surface area contributed by atoms with Gasteiger partial charge in [0.15, 0.2) is 5.78 Å². The van der Waals surface area contributed by atoms with Crippen LogP contribution in [0.1, 0.15) is 54.3 Å². The lowest BCUT2D eigenvalue weighted by Gasteiger charge is -2.35. The number of nitrogens with zero attached hydrogens (tertiary/aromatic N) is 1. The maximum absolute atomic E-state index is 14.0. The van der Waals surface area contributed by atoms with Crippen LogP contribution in [0.4, 0.5) is 11.4 Å². The Morgan fingerprint density at radius 2 is 1.69 bits per heavy atom. The predicted octanol–water partition coefficient (Wildman–Crippen LogP) is 6.31. The summed E-state index contributed by atoms with van der Waals surface area (Å²) in [5, 5.41) is 3.63. The number of aryl methyl sites for hydroxylation is 1. The molecule has 3 aromatic rings. The lowest BCUT2D eigenvalue weighted by Crippen LogP contribution is -2.39. The first kappa shape index (κ1) is 22.6. The fourth-order valence-corrected chi connectivity index (χ4v) is 5.58. The van der Waals surface area contributed by atoms with E-state index in [0.717, 1.165) is 53.2 Å². The van der Waals surface area contributed by atoms with Crippen LogP contribution in [0.15, 0.2) is 84.1 Å². The van der Waals surface area contributed by atoms with E-state index in [1.54, 1.807) is 7.11 Å². The van der Waals surface area contributed by atoms with Crippen LogP contribution in [0.3, 0.4) is 0 Å². The third kappa shape index (κ3) is 3.98. The summed E-state index contributed by atoms with van der Waals surface area (Å²) in [6, 6.07) is 23.7. The molecule has 2 atom stereocenters. The van der Waals surface area contributed by atoms with Crippen molar-refractivity contribution in [3.8, 4) is 5.75 Å². The Bertz CT molecular complexity index is 1360. The standard InChI is InChI=1S/C31H30N2O3/c1-19-8-15-25-27(16-19)33(31(35)22-9-10-22)30(21-11-13-24(36-2)14-12-21)29-26(32-25)17-23(18-28(29)34)20-6-4-3-5-7-20/h3-8,11-16,22-23,30,32H,9-10,17-18H2,1-2H3/t23-,30+/m0/s1. The first-order valence-electron chi connectivity index (χ1n) is 12.7. The van der Waals surface area contributed by atoms with Crippen LogP contribution in [0.2, 0.25) is 0 Å². The first-order valence-corrected chi connectivity index (χ1v) is 12.7. The average Bonchev–Trinajstić information content (AvgIpc) is 3.75. The molecule has 182 valence electrons. The second-order valence-corrected chi connectivity index (χ2v) is 10.1. The smallest absolute Gasteiger partial charge is 0.231 e. The van der Waals surface area contributed by atoms with E-state index in [9.17, 15) is 9.59 Å². The Hall–Kier alpha value is -3.86. The molecule has 2 aliphatic carbocycles. The fourth-order valence-electron chi connectivity index (χ4n) is 5.58. The van der Waals surface area contributed by atoms with Gasteiger partial charge >= 0.3 is 0 Å². The summed E-state index contributed by atoms with van der Waals surface area (Å²) in [5.74, 6) is 1.04. The minimum atomic E-state index is -0.487. The maximum Gasteiger partial charge on any atom is 0.231 e. The van der Waals surface area contributed by atoms with E-state index in [4.69, 9.17) is 4.74 Å². The molecule has 0 bridgehead atoms. The number of nitrogens with one attached hydrogen (secondary N) is 1. The Morgan fingerprint density at radius 3 is 2.39 bits per heavy atom. The molecule has 0 spiro atoms. The summed E-state index contributed by atoms with van der Waals surface area (Å²) < 4.78 is 5.39. The average molecular weight is 479 g/mol. The molecule has 1 fully saturated rings. The number of carbonyl (C=O) groups is 2. The molecule has 1 saturated carbocycles. The van der Waals surface area contributed by atoms with Crippen molar-refractivity contribution in [1.29, 1.82) is 0 Å². The zero-order valence-corrected chi connectivity index (χ0v) is 20.7. The zero-order chi connectivity index (χ0) is 24.8. The van der Waals surface area contributed by atoms with E-state index in [1.165, 1.54) is 5.56 Å². The Balaban J connectivity index is 1.55. The third-order valence-electron chi connectivity index (χ3n) is 7.60. The van der Waals surface area contributed by atoms with E-state index in [0.29, 0.717) is 12.0 Å². The second kappa shape index (κ2) is 8.98. The molecule has 5 heteroatoms. The third-order valence-corrected chi connectivity index (χ3v) is 7.60. The van der Waals surface area contributed by atoms with Crippen LogP contribution in [-0.2, 0) is 9.59 Å². The monoisotopic (exact) mass is 478 g/mol. The molecule has 0 aromatic heterocycles. The first-order chi connectivity index (χ1) is 17.5. The predicted molar refractivity (Wildman–Crippen MR) is 141 cm³/mol. The number of ketones is 1. The Morgan fingerprint density at radius 1 is 0.944 bits per heavy atom. The fraction of sp³-hybridized carbons (Fsp3) is 0.290. The molecule has 1 aliphatic heterocycles. The number of fused-ring (bicyclic) bond motifs is 1. The van der Waals surface area contributed by atoms with Gasteiger partial charge < -0.3 is 10.1 Å². The Labute approximate surface area is 211 Å². The van der Waals surface area contributed by atoms with Gasteiger partial charge in [0.25, 0.3) is 0 Å². The molecule has 0 unspecified atom stereocenters. The summed E-state index contributed by atoms with van der Waals surface area (Å²) in [7, 11) is 1.64. The van der Waals surface area contributed by atoms with Gasteiger partial charge in [-0.25, -0.2) is 0 Å². The number of hydrogen-bond acceptors (Lipinski definition) is 4. The number of allylic oxidation sites excluding steroid dienone is 1. The number of carbonyl (C=O) groups excluding carboxylic acids is 2. The summed E-state index contributed by atoms with van der Waals surface area (Å²) >= 11 is 0. The van der Waals surface area contributed by atoms with Gasteiger partial charge in [0.05, 0.1) is 24.5 Å². The molecule has 6 rings (SSSR count). The summed E-state index contributed by atoms with van der Waals surface area (Å²) in [5.41, 5.74) is 6.49. The lowest BCUT2D eigenvalue weighted by molar-refractivity contribution is -0.120. The van der Waals surface area contributed by atoms with Crippen molar-refractivity contribution in [3.63, 3.8) is 0 Å². The molecule has 0 saturated heterocycles. The minimum Gasteiger partial charge on any atom is -0.497 e. The number of Topliss-reactive ketones (excluding diaryl/α,β-unsaturated/α-hetero) is 1. The van der Waals surface area contributed by atoms with Gasteiger partial charge in [-0.1, -0.05) is 48.5 Å². The van der Waals surface area contributed by atoms with Crippen molar-refractivity contribution in [2.45, 2.75) is 44.6 Å². The molecule has 0 radical (unpaired) electrons. The molecule has 3 aromatic carbocycles. The van der Waals surface area contributed by atoms with Crippen molar-refractivity contribution < 1.29 is 14.3 Å². The van der Waals surface area contributed by atoms with E-state index >= 15 is 0 Å². The van der Waals surface area contributed by atoms with Crippen LogP contribution in [0, 0.1) is 12.8 Å². The molecule has 3 aliphatic rings. The lowest BCUT2D eigenvalue weighted by atomic mass is 9.78. The molecular weight excluding hydrogens is 448 g/mol. The van der Waals surface area contributed by atoms with Crippen LogP contribution >= 0.6 is 0 Å². The summed E-state index contributed by atoms with van der Waals surface area (Å²) in [6.45, 7) is 2.04. The number of benzene rings is 3. The number of methoxy groups -OCH3 is 1. The molecule has 36 heavy (non-hydrogen) atoms. The van der Waals surface area contributed by atoms with Gasteiger partial charge in [-0.15, -0.1) is 0 Å². The van der Waals surface area contributed by atoms with Crippen LogP contribution < -0.4 is 15.0 Å². The van der Waals surface area contributed by atoms with Crippen molar-refractivity contribution >= 4 is 23.1 Å². The molecular formula is C31H30N2O3. The van der Waals surface area contributed by atoms with Crippen LogP contribution in [0.25, 0.3) is 0 Å². The maximum atomic E-state index is 14.0. The van der Waals surface area contributed by atoms with Crippen molar-refractivity contribution in [2.75, 3.05) is 17.3 Å². The second-order valence-electron chi connectivity index (χ2n) is 10.1. The normalized spacial score (nSPS) is 21.3. The highest BCUT2D eigenvalue weighted by molar-refractivity contribution is 6.07. The van der Waals surface area contributed by atoms with Gasteiger partial charge in [-0.05, 0) is 73.1 Å². The topological polar surface area (TPSA) is 58.6 Å². The van der Waals surface area contributed by atoms with E-state index < -0.39 is 6.04 Å². The van der Waals surface area contributed by atoms with Crippen molar-refractivity contribution in [2.24, 2.45) is 5.92 Å². The van der Waals surface area contributed by atoms with Gasteiger partial charge in [0.1, 0.15) is 5.75 Å². The number of hydrogen-bond donors (Lipinski definition) is 1. The highest BCUT2D eigenvalue weighted by atomic mass is 16.5. The largest absolute Gasteiger partial charge is 0.497 e. The number of anilines is 2. The van der Waals surface area contributed by atoms with E-state index in [1.807, 2.05) is 60.4 Å². The molecule has 5 nitrogen and oxygen atoms in total. The molecule has 1 heterocycles. The van der Waals surface area contributed by atoms with Gasteiger partial charge in [-0.3, -0.25) is 14.5 Å². The number of ether oxygens (including phenoxy) is 1. The minimum absolute atomic E-state index is 0.0111. The Kier molecular flexibility index (Phi) is 5.63. The highest BCUT2D eigenvalue weighted by Crippen LogP contribution is 2.49. The highest BCUT2D eigenvalue weighted by Gasteiger charge is 2.45.